The number of nitrogens with two attached hydrogens (primary N) is 1. The molecule has 0 saturated carbocycles. The lowest BCUT2D eigenvalue weighted by Gasteiger charge is -2.14. The zero-order valence-electron chi connectivity index (χ0n) is 16.8. The van der Waals surface area contributed by atoms with Crippen molar-refractivity contribution in [2.45, 2.75) is 0 Å². The summed E-state index contributed by atoms with van der Waals surface area (Å²) in [5.74, 6) is 0.594. The fourth-order valence-corrected chi connectivity index (χ4v) is 2.93. The lowest BCUT2D eigenvalue weighted by atomic mass is 10.1. The van der Waals surface area contributed by atoms with Crippen LogP contribution in [0, 0.1) is 0 Å². The van der Waals surface area contributed by atoms with Crippen LogP contribution < -0.4 is 20.6 Å². The maximum atomic E-state index is 12.6. The van der Waals surface area contributed by atoms with Gasteiger partial charge >= 0.3 is 0 Å². The van der Waals surface area contributed by atoms with Gasteiger partial charge in [0.05, 0.1) is 33.5 Å². The summed E-state index contributed by atoms with van der Waals surface area (Å²) < 4.78 is 27.7. The molecule has 1 heterocycles. The number of rotatable bonds is 11. The molecular formula is C22H25NO7. The van der Waals surface area contributed by atoms with Gasteiger partial charge in [0.1, 0.15) is 23.5 Å². The summed E-state index contributed by atoms with van der Waals surface area (Å²) in [6.07, 6.45) is 0. The Hall–Kier alpha value is -3.07. The molecule has 8 heteroatoms. The number of fused-ring (bicyclic) bond motifs is 1. The van der Waals surface area contributed by atoms with Gasteiger partial charge in [-0.25, -0.2) is 0 Å². The number of hydrogen-bond donors (Lipinski definition) is 2. The lowest BCUT2D eigenvalue weighted by molar-refractivity contribution is 0.0385. The van der Waals surface area contributed by atoms with Gasteiger partial charge in [-0.1, -0.05) is 30.3 Å². The van der Waals surface area contributed by atoms with Crippen LogP contribution >= 0.6 is 0 Å². The zero-order valence-corrected chi connectivity index (χ0v) is 16.8. The molecular weight excluding hydrogens is 390 g/mol. The molecule has 2 aromatic carbocycles. The van der Waals surface area contributed by atoms with Gasteiger partial charge in [-0.2, -0.15) is 0 Å². The van der Waals surface area contributed by atoms with Crippen LogP contribution in [-0.2, 0) is 9.47 Å². The smallest absolute Gasteiger partial charge is 0.205 e. The molecule has 3 aromatic rings. The Balaban J connectivity index is 1.81. The van der Waals surface area contributed by atoms with Gasteiger partial charge in [-0.15, -0.1) is 0 Å². The highest BCUT2D eigenvalue weighted by Crippen LogP contribution is 2.41. The van der Waals surface area contributed by atoms with Gasteiger partial charge < -0.3 is 34.2 Å². The Morgan fingerprint density at radius 3 is 2.40 bits per heavy atom. The van der Waals surface area contributed by atoms with Crippen molar-refractivity contribution in [1.82, 2.24) is 0 Å². The highest BCUT2D eigenvalue weighted by atomic mass is 16.6. The first-order valence-corrected chi connectivity index (χ1v) is 9.57. The molecule has 0 spiro atoms. The molecule has 160 valence electrons. The fourth-order valence-electron chi connectivity index (χ4n) is 2.93. The molecule has 30 heavy (non-hydrogen) atoms. The van der Waals surface area contributed by atoms with Crippen LogP contribution in [0.15, 0.2) is 51.7 Å². The van der Waals surface area contributed by atoms with E-state index in [2.05, 4.69) is 0 Å². The largest absolute Gasteiger partial charge is 0.507 e. The van der Waals surface area contributed by atoms with E-state index >= 15 is 0 Å². The number of aromatic hydroxyl groups is 1. The topological polar surface area (TPSA) is 113 Å². The van der Waals surface area contributed by atoms with Crippen LogP contribution in [0.3, 0.4) is 0 Å². The number of ether oxygens (including phenoxy) is 4. The SMILES string of the molecule is COc1c(OCCOCCOCCN)cc(O)c2c(=O)cc(-c3ccccc3)oc12. The molecule has 3 N–H and O–H groups in total. The predicted octanol–water partition coefficient (Wildman–Crippen LogP) is 2.54. The van der Waals surface area contributed by atoms with E-state index in [0.717, 1.165) is 5.56 Å². The first-order chi connectivity index (χ1) is 14.7. The van der Waals surface area contributed by atoms with Gasteiger partial charge in [0, 0.05) is 24.2 Å². The van der Waals surface area contributed by atoms with Gasteiger partial charge in [0.15, 0.2) is 16.8 Å². The summed E-state index contributed by atoms with van der Waals surface area (Å²) in [6, 6.07) is 11.9. The average molecular weight is 415 g/mol. The van der Waals surface area contributed by atoms with Gasteiger partial charge in [0.2, 0.25) is 5.75 Å². The highest BCUT2D eigenvalue weighted by molar-refractivity contribution is 5.91. The molecule has 0 unspecified atom stereocenters. The van der Waals surface area contributed by atoms with E-state index in [1.807, 2.05) is 30.3 Å². The summed E-state index contributed by atoms with van der Waals surface area (Å²) in [5, 5.41) is 10.4. The molecule has 0 bridgehead atoms. The van der Waals surface area contributed by atoms with Crippen molar-refractivity contribution >= 4 is 11.0 Å². The number of benzene rings is 2. The average Bonchev–Trinajstić information content (AvgIpc) is 2.76. The predicted molar refractivity (Wildman–Crippen MR) is 112 cm³/mol. The molecule has 0 atom stereocenters. The van der Waals surface area contributed by atoms with Crippen LogP contribution in [0.2, 0.25) is 0 Å². The molecule has 1 aromatic heterocycles. The summed E-state index contributed by atoms with van der Waals surface area (Å²) >= 11 is 0. The number of methoxy groups -OCH3 is 1. The quantitative estimate of drug-likeness (QED) is 0.460. The Kier molecular flexibility index (Phi) is 7.67. The minimum atomic E-state index is -0.377. The van der Waals surface area contributed by atoms with Crippen LogP contribution in [-0.4, -0.2) is 51.8 Å². The number of phenols is 1. The minimum Gasteiger partial charge on any atom is -0.507 e. The van der Waals surface area contributed by atoms with Crippen molar-refractivity contribution < 1.29 is 28.5 Å². The summed E-state index contributed by atoms with van der Waals surface area (Å²) in [4.78, 5) is 12.6. The van der Waals surface area contributed by atoms with Crippen LogP contribution in [0.5, 0.6) is 17.2 Å². The van der Waals surface area contributed by atoms with Crippen molar-refractivity contribution in [2.75, 3.05) is 46.7 Å². The summed E-state index contributed by atoms with van der Waals surface area (Å²) in [5.41, 5.74) is 5.82. The second kappa shape index (κ2) is 10.6. The van der Waals surface area contributed by atoms with Gasteiger partial charge in [0.25, 0.3) is 0 Å². The van der Waals surface area contributed by atoms with Crippen molar-refractivity contribution in [1.29, 1.82) is 0 Å². The highest BCUT2D eigenvalue weighted by Gasteiger charge is 2.20. The Bertz CT molecular complexity index is 1020. The fraction of sp³-hybridized carbons (Fsp3) is 0.318. The van der Waals surface area contributed by atoms with E-state index in [0.29, 0.717) is 38.7 Å². The Labute approximate surface area is 173 Å². The molecule has 0 aliphatic heterocycles. The van der Waals surface area contributed by atoms with Gasteiger partial charge in [-0.3, -0.25) is 4.79 Å². The molecule has 0 aliphatic carbocycles. The second-order valence-electron chi connectivity index (χ2n) is 6.33. The van der Waals surface area contributed by atoms with E-state index < -0.39 is 0 Å². The van der Waals surface area contributed by atoms with Crippen LogP contribution in [0.1, 0.15) is 0 Å². The molecule has 0 fully saturated rings. The molecule has 0 saturated heterocycles. The summed E-state index contributed by atoms with van der Waals surface area (Å²) in [6.45, 7) is 2.34. The third kappa shape index (κ3) is 5.10. The van der Waals surface area contributed by atoms with Crippen molar-refractivity contribution in [3.8, 4) is 28.6 Å². The van der Waals surface area contributed by atoms with Crippen LogP contribution in [0.25, 0.3) is 22.3 Å². The monoisotopic (exact) mass is 415 g/mol. The van der Waals surface area contributed by atoms with E-state index in [4.69, 9.17) is 29.1 Å². The van der Waals surface area contributed by atoms with Crippen molar-refractivity contribution in [2.24, 2.45) is 5.73 Å². The first-order valence-electron chi connectivity index (χ1n) is 9.57. The van der Waals surface area contributed by atoms with E-state index in [1.165, 1.54) is 19.2 Å². The third-order valence-corrected chi connectivity index (χ3v) is 4.28. The third-order valence-electron chi connectivity index (χ3n) is 4.28. The van der Waals surface area contributed by atoms with Gasteiger partial charge in [-0.05, 0) is 0 Å². The zero-order chi connectivity index (χ0) is 21.3. The lowest BCUT2D eigenvalue weighted by Crippen LogP contribution is -2.14. The van der Waals surface area contributed by atoms with Crippen LogP contribution in [0.4, 0.5) is 0 Å². The molecule has 8 nitrogen and oxygen atoms in total. The second-order valence-corrected chi connectivity index (χ2v) is 6.33. The van der Waals surface area contributed by atoms with Crippen molar-refractivity contribution in [3.05, 3.63) is 52.7 Å². The first kappa shape index (κ1) is 21.6. The molecule has 0 aliphatic rings. The maximum absolute atomic E-state index is 12.6. The molecule has 3 rings (SSSR count). The van der Waals surface area contributed by atoms with E-state index in [-0.39, 0.29) is 40.3 Å². The maximum Gasteiger partial charge on any atom is 0.205 e. The number of hydrogen-bond acceptors (Lipinski definition) is 8. The van der Waals surface area contributed by atoms with E-state index in [1.54, 1.807) is 0 Å². The number of phenolic OH excluding ortho intramolecular Hbond substituents is 1. The molecule has 0 radical (unpaired) electrons. The normalized spacial score (nSPS) is 11.0. The van der Waals surface area contributed by atoms with Crippen molar-refractivity contribution in [3.63, 3.8) is 0 Å². The summed E-state index contributed by atoms with van der Waals surface area (Å²) in [7, 11) is 1.44. The Morgan fingerprint density at radius 1 is 1.00 bits per heavy atom. The molecule has 0 amide bonds. The Morgan fingerprint density at radius 2 is 1.70 bits per heavy atom. The standard InChI is InChI=1S/C22H25NO7/c1-26-21-19(29-12-11-28-10-9-27-8-7-23)14-17(25)20-16(24)13-18(30-22(20)21)15-5-3-2-4-6-15/h2-6,13-14,25H,7-12,23H2,1H3. The minimum absolute atomic E-state index is 0.0344. The van der Waals surface area contributed by atoms with E-state index in [9.17, 15) is 9.90 Å².